The zero-order valence-corrected chi connectivity index (χ0v) is 22.0. The first-order valence-corrected chi connectivity index (χ1v) is 13.3. The number of ether oxygens (including phenoxy) is 4. The monoisotopic (exact) mass is 558 g/mol. The van der Waals surface area contributed by atoms with Crippen LogP contribution in [0.1, 0.15) is 25.3 Å². The van der Waals surface area contributed by atoms with Crippen LogP contribution in [0, 0.1) is 11.8 Å². The molecule has 11 nitrogen and oxygen atoms in total. The van der Waals surface area contributed by atoms with Gasteiger partial charge < -0.3 is 44.5 Å². The van der Waals surface area contributed by atoms with Gasteiger partial charge in [0.1, 0.15) is 30.2 Å². The summed E-state index contributed by atoms with van der Waals surface area (Å²) in [6.45, 7) is 5.12. The molecule has 0 bridgehead atoms. The topological polar surface area (TPSA) is 172 Å². The summed E-state index contributed by atoms with van der Waals surface area (Å²) in [7, 11) is 0. The Kier molecular flexibility index (Phi) is 8.14. The molecule has 1 aromatic rings. The maximum Gasteiger partial charge on any atom is 0.334 e. The SMILES string of the molecule is C=C1C(=O)OC2C3C(COC4OC(CO)C(O)C(O)C4OC(=O)Cc4ccc(O)cc4)=CCC3=C(C)CC(O)C12. The van der Waals surface area contributed by atoms with Crippen LogP contribution >= 0.6 is 0 Å². The van der Waals surface area contributed by atoms with E-state index in [2.05, 4.69) is 6.58 Å². The molecule has 0 spiro atoms. The molecule has 216 valence electrons. The van der Waals surface area contributed by atoms with E-state index in [0.717, 1.165) is 16.7 Å². The van der Waals surface area contributed by atoms with Crippen LogP contribution in [0.5, 0.6) is 5.75 Å². The molecule has 2 fully saturated rings. The third-order valence-electron chi connectivity index (χ3n) is 8.22. The fourth-order valence-corrected chi connectivity index (χ4v) is 6.09. The van der Waals surface area contributed by atoms with E-state index >= 15 is 0 Å². The van der Waals surface area contributed by atoms with E-state index in [1.54, 1.807) is 12.1 Å². The number of rotatable bonds is 7. The van der Waals surface area contributed by atoms with E-state index in [1.165, 1.54) is 12.1 Å². The smallest absolute Gasteiger partial charge is 0.334 e. The number of esters is 2. The summed E-state index contributed by atoms with van der Waals surface area (Å²) >= 11 is 0. The first kappa shape index (κ1) is 28.5. The maximum absolute atomic E-state index is 12.7. The summed E-state index contributed by atoms with van der Waals surface area (Å²) in [5.74, 6) is -2.14. The van der Waals surface area contributed by atoms with Gasteiger partial charge in [0, 0.05) is 11.5 Å². The lowest BCUT2D eigenvalue weighted by atomic mass is 9.82. The van der Waals surface area contributed by atoms with Crippen molar-refractivity contribution >= 4 is 11.9 Å². The van der Waals surface area contributed by atoms with Crippen molar-refractivity contribution in [3.05, 3.63) is 64.8 Å². The number of benzene rings is 1. The van der Waals surface area contributed by atoms with E-state index in [9.17, 15) is 35.1 Å². The van der Waals surface area contributed by atoms with Crippen LogP contribution in [0.25, 0.3) is 0 Å². The Labute approximate surface area is 230 Å². The minimum atomic E-state index is -1.61. The van der Waals surface area contributed by atoms with Crippen LogP contribution in [0.3, 0.4) is 0 Å². The average molecular weight is 559 g/mol. The standard InChI is InChI=1S/C29H34O11/c1-13-9-19(32)22-14(2)28(36)40-26(22)23-16(5-8-18(13)23)12-37-29-27(25(35)24(34)20(11-30)38-29)39-21(33)10-15-3-6-17(31)7-4-15/h3-7,19-20,22-27,29-32,34-35H,2,8-12H2,1H3. The minimum Gasteiger partial charge on any atom is -0.508 e. The van der Waals surface area contributed by atoms with Crippen molar-refractivity contribution in [3.63, 3.8) is 0 Å². The molecule has 5 N–H and O–H groups in total. The Morgan fingerprint density at radius 1 is 1.15 bits per heavy atom. The van der Waals surface area contributed by atoms with Gasteiger partial charge in [-0.1, -0.05) is 35.9 Å². The minimum absolute atomic E-state index is 0.0421. The third kappa shape index (κ3) is 5.32. The van der Waals surface area contributed by atoms with Crippen LogP contribution in [-0.4, -0.2) is 93.6 Å². The molecular weight excluding hydrogens is 524 g/mol. The van der Waals surface area contributed by atoms with Gasteiger partial charge in [0.15, 0.2) is 12.4 Å². The van der Waals surface area contributed by atoms with Gasteiger partial charge in [0.25, 0.3) is 0 Å². The highest BCUT2D eigenvalue weighted by atomic mass is 16.7. The Balaban J connectivity index is 1.32. The van der Waals surface area contributed by atoms with E-state index in [4.69, 9.17) is 18.9 Å². The molecular formula is C29H34O11. The highest BCUT2D eigenvalue weighted by Crippen LogP contribution is 2.48. The van der Waals surface area contributed by atoms with Gasteiger partial charge in [-0.05, 0) is 43.0 Å². The first-order valence-electron chi connectivity index (χ1n) is 13.3. The van der Waals surface area contributed by atoms with Crippen LogP contribution in [0.4, 0.5) is 0 Å². The fraction of sp³-hybridized carbons (Fsp3) is 0.517. The number of phenolic OH excluding ortho intramolecular Hbond substituents is 1. The molecule has 2 aliphatic carbocycles. The molecule has 0 aromatic heterocycles. The number of hydrogen-bond acceptors (Lipinski definition) is 11. The van der Waals surface area contributed by atoms with Gasteiger partial charge in [-0.3, -0.25) is 4.79 Å². The van der Waals surface area contributed by atoms with Gasteiger partial charge in [-0.2, -0.15) is 0 Å². The van der Waals surface area contributed by atoms with Crippen molar-refractivity contribution in [3.8, 4) is 5.75 Å². The number of carbonyl (C=O) groups is 2. The summed E-state index contributed by atoms with van der Waals surface area (Å²) in [6, 6.07) is 5.96. The quantitative estimate of drug-likeness (QED) is 0.178. The number of aliphatic hydroxyl groups excluding tert-OH is 4. The molecule has 0 radical (unpaired) electrons. The molecule has 2 aliphatic heterocycles. The first-order chi connectivity index (χ1) is 19.1. The van der Waals surface area contributed by atoms with Gasteiger partial charge in [0.05, 0.1) is 31.7 Å². The Morgan fingerprint density at radius 2 is 1.88 bits per heavy atom. The fourth-order valence-electron chi connectivity index (χ4n) is 6.09. The summed E-state index contributed by atoms with van der Waals surface area (Å²) in [5.41, 5.74) is 3.58. The number of aliphatic hydroxyl groups is 4. The molecule has 2 heterocycles. The highest BCUT2D eigenvalue weighted by molar-refractivity contribution is 5.91. The van der Waals surface area contributed by atoms with Crippen molar-refractivity contribution in [2.24, 2.45) is 11.8 Å². The molecule has 11 heteroatoms. The number of aromatic hydroxyl groups is 1. The zero-order chi connectivity index (χ0) is 28.7. The van der Waals surface area contributed by atoms with E-state index in [-0.39, 0.29) is 30.3 Å². The normalized spacial score (nSPS) is 35.5. The van der Waals surface area contributed by atoms with Crippen molar-refractivity contribution in [1.29, 1.82) is 0 Å². The van der Waals surface area contributed by atoms with Crippen LogP contribution in [0.15, 0.2) is 59.2 Å². The number of carbonyl (C=O) groups excluding carboxylic acids is 2. The summed E-state index contributed by atoms with van der Waals surface area (Å²) in [5, 5.41) is 51.1. The lowest BCUT2D eigenvalue weighted by Gasteiger charge is -2.41. The van der Waals surface area contributed by atoms with Gasteiger partial charge in [0.2, 0.25) is 0 Å². The second-order valence-corrected chi connectivity index (χ2v) is 10.8. The van der Waals surface area contributed by atoms with Crippen molar-refractivity contribution in [2.45, 2.75) is 69.1 Å². The predicted octanol–water partition coefficient (Wildman–Crippen LogP) is 0.427. The molecule has 5 rings (SSSR count). The molecule has 0 saturated carbocycles. The summed E-state index contributed by atoms with van der Waals surface area (Å²) in [4.78, 5) is 25.1. The van der Waals surface area contributed by atoms with Gasteiger partial charge >= 0.3 is 11.9 Å². The van der Waals surface area contributed by atoms with Gasteiger partial charge in [-0.15, -0.1) is 0 Å². The molecule has 0 amide bonds. The Bertz CT molecular complexity index is 1220. The van der Waals surface area contributed by atoms with E-state index in [0.29, 0.717) is 18.4 Å². The highest BCUT2D eigenvalue weighted by Gasteiger charge is 2.52. The molecule has 9 unspecified atom stereocenters. The van der Waals surface area contributed by atoms with Crippen molar-refractivity contribution < 1.29 is 54.1 Å². The average Bonchev–Trinajstić information content (AvgIpc) is 3.45. The summed E-state index contributed by atoms with van der Waals surface area (Å²) < 4.78 is 22.9. The number of phenols is 1. The second-order valence-electron chi connectivity index (χ2n) is 10.8. The maximum atomic E-state index is 12.7. The van der Waals surface area contributed by atoms with E-state index < -0.39 is 67.4 Å². The van der Waals surface area contributed by atoms with Crippen LogP contribution in [0.2, 0.25) is 0 Å². The third-order valence-corrected chi connectivity index (χ3v) is 8.22. The van der Waals surface area contributed by atoms with Crippen LogP contribution < -0.4 is 0 Å². The molecule has 2 saturated heterocycles. The van der Waals surface area contributed by atoms with Crippen LogP contribution in [-0.2, 0) is 35.0 Å². The number of allylic oxidation sites excluding steroid dienone is 1. The largest absolute Gasteiger partial charge is 0.508 e. The zero-order valence-electron chi connectivity index (χ0n) is 22.0. The lowest BCUT2D eigenvalue weighted by molar-refractivity contribution is -0.302. The number of hydrogen-bond donors (Lipinski definition) is 5. The molecule has 1 aromatic carbocycles. The lowest BCUT2D eigenvalue weighted by Crippen LogP contribution is -2.60. The van der Waals surface area contributed by atoms with Crippen molar-refractivity contribution in [1.82, 2.24) is 0 Å². The van der Waals surface area contributed by atoms with Crippen molar-refractivity contribution in [2.75, 3.05) is 13.2 Å². The second kappa shape index (κ2) is 11.4. The summed E-state index contributed by atoms with van der Waals surface area (Å²) in [6.07, 6.45) is -5.78. The Morgan fingerprint density at radius 3 is 2.58 bits per heavy atom. The predicted molar refractivity (Wildman–Crippen MR) is 137 cm³/mol. The number of fused-ring (bicyclic) bond motifs is 3. The van der Waals surface area contributed by atoms with Gasteiger partial charge in [-0.25, -0.2) is 4.79 Å². The van der Waals surface area contributed by atoms with E-state index in [1.807, 2.05) is 13.0 Å². The molecule has 4 aliphatic rings. The molecule has 9 atom stereocenters. The molecule has 40 heavy (non-hydrogen) atoms. The Hall–Kier alpha value is -3.06.